The zero-order valence-corrected chi connectivity index (χ0v) is 16.9. The summed E-state index contributed by atoms with van der Waals surface area (Å²) in [6.07, 6.45) is 4.74. The van der Waals surface area contributed by atoms with Crippen LogP contribution >= 0.6 is 11.6 Å². The molecule has 30 heavy (non-hydrogen) atoms. The number of hydrogen-bond donors (Lipinski definition) is 1. The topological polar surface area (TPSA) is 51.2 Å². The van der Waals surface area contributed by atoms with Crippen molar-refractivity contribution in [3.05, 3.63) is 94.5 Å². The Hall–Kier alpha value is -3.18. The Morgan fingerprint density at radius 1 is 1.13 bits per heavy atom. The maximum absolute atomic E-state index is 13.7. The molecule has 1 aromatic heterocycles. The molecule has 0 saturated heterocycles. The van der Waals surface area contributed by atoms with Crippen LogP contribution in [0.2, 0.25) is 5.02 Å². The smallest absolute Gasteiger partial charge is 0.407 e. The van der Waals surface area contributed by atoms with Crippen LogP contribution in [0.1, 0.15) is 29.2 Å². The first-order chi connectivity index (χ1) is 14.6. The minimum atomic E-state index is -0.483. The molecular weight excluding hydrogens is 403 g/mol. The van der Waals surface area contributed by atoms with Gasteiger partial charge in [-0.3, -0.25) is 4.98 Å². The lowest BCUT2D eigenvalue weighted by Gasteiger charge is -2.14. The Labute approximate surface area is 179 Å². The molecule has 1 heterocycles. The summed E-state index contributed by atoms with van der Waals surface area (Å²) in [5.41, 5.74) is 4.94. The lowest BCUT2D eigenvalue weighted by molar-refractivity contribution is 0.143. The van der Waals surface area contributed by atoms with Gasteiger partial charge in [0.1, 0.15) is 12.4 Å². The van der Waals surface area contributed by atoms with Crippen molar-refractivity contribution in [1.82, 2.24) is 10.3 Å². The fourth-order valence-corrected chi connectivity index (χ4v) is 3.79. The first-order valence-electron chi connectivity index (χ1n) is 9.70. The summed E-state index contributed by atoms with van der Waals surface area (Å²) in [5, 5.41) is 2.97. The van der Waals surface area contributed by atoms with Gasteiger partial charge in [-0.1, -0.05) is 66.2 Å². The molecule has 0 atom stereocenters. The molecular formula is C24H20ClFN2O2. The molecule has 1 aliphatic rings. The van der Waals surface area contributed by atoms with E-state index in [0.29, 0.717) is 13.0 Å². The molecule has 2 aromatic carbocycles. The summed E-state index contributed by atoms with van der Waals surface area (Å²) in [5.74, 6) is -0.453. The summed E-state index contributed by atoms with van der Waals surface area (Å²) in [6.45, 7) is 0.651. The highest BCUT2D eigenvalue weighted by Gasteiger charge is 2.28. The molecule has 1 N–H and O–H groups in total. The van der Waals surface area contributed by atoms with E-state index in [-0.39, 0.29) is 23.2 Å². The molecule has 0 saturated carbocycles. The number of benzene rings is 2. The number of nitrogens with zero attached hydrogens (tertiary/aromatic N) is 1. The number of aromatic nitrogens is 1. The van der Waals surface area contributed by atoms with Crippen molar-refractivity contribution in [3.8, 4) is 11.1 Å². The molecule has 3 aromatic rings. The Bertz CT molecular complexity index is 1050. The normalized spacial score (nSPS) is 12.6. The lowest BCUT2D eigenvalue weighted by Crippen LogP contribution is -2.26. The number of hydrogen-bond acceptors (Lipinski definition) is 3. The highest BCUT2D eigenvalue weighted by molar-refractivity contribution is 6.30. The highest BCUT2D eigenvalue weighted by Crippen LogP contribution is 2.44. The zero-order chi connectivity index (χ0) is 20.9. The Morgan fingerprint density at radius 2 is 1.80 bits per heavy atom. The number of amides is 1. The van der Waals surface area contributed by atoms with Gasteiger partial charge in [0, 0.05) is 18.7 Å². The summed E-state index contributed by atoms with van der Waals surface area (Å²) < 4.78 is 19.1. The third kappa shape index (κ3) is 4.36. The van der Waals surface area contributed by atoms with Crippen LogP contribution in [0.4, 0.5) is 9.18 Å². The first kappa shape index (κ1) is 20.1. The van der Waals surface area contributed by atoms with E-state index in [0.717, 1.165) is 0 Å². The Balaban J connectivity index is 1.28. The largest absolute Gasteiger partial charge is 0.449 e. The molecule has 6 heteroatoms. The third-order valence-corrected chi connectivity index (χ3v) is 5.24. The molecule has 0 aliphatic heterocycles. The number of halogens is 2. The summed E-state index contributed by atoms with van der Waals surface area (Å²) in [6, 6.07) is 17.6. The van der Waals surface area contributed by atoms with Crippen LogP contribution in [-0.4, -0.2) is 24.2 Å². The molecule has 4 nitrogen and oxygen atoms in total. The van der Waals surface area contributed by atoms with Gasteiger partial charge in [-0.15, -0.1) is 0 Å². The Kier molecular flexibility index (Phi) is 6.10. The van der Waals surface area contributed by atoms with E-state index in [1.807, 2.05) is 24.3 Å². The van der Waals surface area contributed by atoms with Gasteiger partial charge in [0.2, 0.25) is 0 Å². The predicted molar refractivity (Wildman–Crippen MR) is 116 cm³/mol. The molecule has 1 amide bonds. The van der Waals surface area contributed by atoms with Crippen molar-refractivity contribution in [2.45, 2.75) is 12.3 Å². The molecule has 152 valence electrons. The van der Waals surface area contributed by atoms with E-state index in [9.17, 15) is 9.18 Å². The van der Waals surface area contributed by atoms with Gasteiger partial charge in [-0.05, 0) is 40.8 Å². The number of alkyl carbamates (subject to hydrolysis) is 1. The van der Waals surface area contributed by atoms with Crippen molar-refractivity contribution in [3.63, 3.8) is 0 Å². The van der Waals surface area contributed by atoms with Gasteiger partial charge < -0.3 is 10.1 Å². The van der Waals surface area contributed by atoms with Crippen molar-refractivity contribution in [2.75, 3.05) is 13.2 Å². The summed E-state index contributed by atoms with van der Waals surface area (Å²) >= 11 is 5.68. The number of carbonyl (C=O) groups is 1. The van der Waals surface area contributed by atoms with Crippen molar-refractivity contribution >= 4 is 23.8 Å². The maximum Gasteiger partial charge on any atom is 0.407 e. The minimum absolute atomic E-state index is 0.0296. The number of pyridine rings is 1. The van der Waals surface area contributed by atoms with Gasteiger partial charge >= 0.3 is 6.09 Å². The average molecular weight is 423 g/mol. The molecule has 0 bridgehead atoms. The van der Waals surface area contributed by atoms with E-state index >= 15 is 0 Å². The molecule has 0 radical (unpaired) electrons. The summed E-state index contributed by atoms with van der Waals surface area (Å²) in [7, 11) is 0. The van der Waals surface area contributed by atoms with Crippen molar-refractivity contribution in [1.29, 1.82) is 0 Å². The Morgan fingerprint density at radius 3 is 2.47 bits per heavy atom. The van der Waals surface area contributed by atoms with E-state index in [2.05, 4.69) is 34.6 Å². The van der Waals surface area contributed by atoms with Crippen LogP contribution in [0, 0.1) is 5.82 Å². The maximum atomic E-state index is 13.7. The van der Waals surface area contributed by atoms with E-state index < -0.39 is 11.9 Å². The minimum Gasteiger partial charge on any atom is -0.449 e. The van der Waals surface area contributed by atoms with Gasteiger partial charge in [-0.2, -0.15) is 0 Å². The van der Waals surface area contributed by atoms with Crippen molar-refractivity contribution in [2.24, 2.45) is 0 Å². The van der Waals surface area contributed by atoms with Gasteiger partial charge in [0.25, 0.3) is 0 Å². The number of rotatable bonds is 6. The van der Waals surface area contributed by atoms with Gasteiger partial charge in [0.05, 0.1) is 10.7 Å². The molecule has 0 spiro atoms. The number of ether oxygens (including phenoxy) is 1. The molecule has 0 fully saturated rings. The van der Waals surface area contributed by atoms with Crippen LogP contribution in [0.15, 0.2) is 66.9 Å². The first-order valence-corrected chi connectivity index (χ1v) is 10.1. The van der Waals surface area contributed by atoms with Crippen LogP contribution in [0.25, 0.3) is 17.2 Å². The second-order valence-electron chi connectivity index (χ2n) is 6.96. The van der Waals surface area contributed by atoms with Gasteiger partial charge in [-0.25, -0.2) is 9.18 Å². The number of carbonyl (C=O) groups excluding carboxylic acids is 1. The van der Waals surface area contributed by atoms with E-state index in [4.69, 9.17) is 16.3 Å². The van der Waals surface area contributed by atoms with Crippen LogP contribution in [0.3, 0.4) is 0 Å². The van der Waals surface area contributed by atoms with E-state index in [1.54, 1.807) is 12.2 Å². The average Bonchev–Trinajstić information content (AvgIpc) is 3.07. The quantitative estimate of drug-likeness (QED) is 0.509. The van der Waals surface area contributed by atoms with Crippen LogP contribution < -0.4 is 5.32 Å². The standard InChI is InChI=1S/C24H20ClFN2O2/c25-16-13-22(26)23(28-14-16)11-5-6-12-27-24(29)30-15-21-19-9-3-1-7-17(19)18-8-2-4-10-20(18)21/h1-5,7-11,13-14,21H,6,12,15H2,(H,27,29). The lowest BCUT2D eigenvalue weighted by atomic mass is 9.98. The van der Waals surface area contributed by atoms with E-state index in [1.165, 1.54) is 34.5 Å². The predicted octanol–water partition coefficient (Wildman–Crippen LogP) is 5.82. The monoisotopic (exact) mass is 422 g/mol. The molecule has 1 aliphatic carbocycles. The van der Waals surface area contributed by atoms with Crippen LogP contribution in [-0.2, 0) is 4.74 Å². The second kappa shape index (κ2) is 9.09. The highest BCUT2D eigenvalue weighted by atomic mass is 35.5. The molecule has 0 unspecified atom stereocenters. The number of fused-ring (bicyclic) bond motifs is 3. The van der Waals surface area contributed by atoms with Crippen LogP contribution in [0.5, 0.6) is 0 Å². The van der Waals surface area contributed by atoms with Gasteiger partial charge in [0.15, 0.2) is 0 Å². The second-order valence-corrected chi connectivity index (χ2v) is 7.40. The summed E-state index contributed by atoms with van der Waals surface area (Å²) in [4.78, 5) is 16.0. The third-order valence-electron chi connectivity index (χ3n) is 5.04. The number of nitrogens with one attached hydrogen (secondary N) is 1. The van der Waals surface area contributed by atoms with Crippen molar-refractivity contribution < 1.29 is 13.9 Å². The SMILES string of the molecule is O=C(NCCC=Cc1ncc(Cl)cc1F)OCC1c2ccccc2-c2ccccc21. The molecule has 4 rings (SSSR count). The fraction of sp³-hybridized carbons (Fsp3) is 0.167. The fourth-order valence-electron chi connectivity index (χ4n) is 3.65. The zero-order valence-electron chi connectivity index (χ0n) is 16.1.